The highest BCUT2D eigenvalue weighted by Crippen LogP contribution is 2.49. The van der Waals surface area contributed by atoms with Crippen molar-refractivity contribution in [3.63, 3.8) is 0 Å². The van der Waals surface area contributed by atoms with Gasteiger partial charge in [-0.3, -0.25) is 24.1 Å². The zero-order chi connectivity index (χ0) is 68.4. The van der Waals surface area contributed by atoms with Gasteiger partial charge in [-0.1, -0.05) is 91.3 Å². The third kappa shape index (κ3) is 17.1. The highest BCUT2D eigenvalue weighted by atomic mass is 32.1. The second-order valence-corrected chi connectivity index (χ2v) is 26.8. The fourth-order valence-corrected chi connectivity index (χ4v) is 14.8. The Bertz CT molecular complexity index is 3620. The van der Waals surface area contributed by atoms with E-state index in [0.29, 0.717) is 119 Å². The number of para-hydroxylation sites is 1. The number of likely N-dealkylation sites (tertiary alicyclic amines) is 2. The fraction of sp³-hybridized carbons (Fsp3) is 0.458. The van der Waals surface area contributed by atoms with Crippen molar-refractivity contribution < 1.29 is 69.3 Å². The number of nitrogens with zero attached hydrogens (tertiary/aromatic N) is 7. The fourth-order valence-electron chi connectivity index (χ4n) is 13.9. The van der Waals surface area contributed by atoms with Crippen LogP contribution in [0, 0.1) is 5.82 Å². The van der Waals surface area contributed by atoms with Crippen LogP contribution in [0.2, 0.25) is 0 Å². The minimum atomic E-state index is -5.15. The van der Waals surface area contributed by atoms with E-state index in [9.17, 15) is 59.8 Å². The number of hydrogen-bond acceptors (Lipinski definition) is 11. The van der Waals surface area contributed by atoms with Crippen molar-refractivity contribution in [1.29, 1.82) is 0 Å². The molecule has 10 rings (SSSR count). The second kappa shape index (κ2) is 31.1. The number of rotatable bonds is 26. The summed E-state index contributed by atoms with van der Waals surface area (Å²) in [4.78, 5) is 79.4. The van der Waals surface area contributed by atoms with Gasteiger partial charge in [0.1, 0.15) is 24.8 Å². The molecule has 24 heteroatoms. The van der Waals surface area contributed by atoms with Gasteiger partial charge < -0.3 is 49.3 Å². The first kappa shape index (κ1) is 70.9. The number of alkyl halides is 6. The molecule has 5 aromatic carbocycles. The highest BCUT2D eigenvalue weighted by Gasteiger charge is 2.50. The molecule has 1 spiro atoms. The molecule has 5 amide bonds. The Morgan fingerprint density at radius 2 is 1.34 bits per heavy atom. The lowest BCUT2D eigenvalue weighted by molar-refractivity contribution is -0.143. The smallest absolute Gasteiger partial charge is 0.416 e. The van der Waals surface area contributed by atoms with Crippen molar-refractivity contribution in [1.82, 2.24) is 29.4 Å². The maximum absolute atomic E-state index is 14.2. The normalized spacial score (nSPS) is 18.3. The molecule has 0 bridgehead atoms. The molecule has 2 N–H and O–H groups in total. The number of piperidine rings is 2. The predicted molar refractivity (Wildman–Crippen MR) is 353 cm³/mol. The summed E-state index contributed by atoms with van der Waals surface area (Å²) in [5.41, 5.74) is -0.349. The van der Waals surface area contributed by atoms with Crippen molar-refractivity contribution >= 4 is 51.7 Å². The SMILES string of the molecule is CN(CCN1CCC(N(C(=O)O)c2ccccc2-c2ccccc2)CC1)C(=O)CCCCCNc1ccc(C(=O)N(C)CCCN(C)C(=O)CO[C@H]2Cc3ccccc3C23CCN(CC[C@@]2(c4ccc(F)cc4)CN(C(=O)c4cc(C(F)(F)F)cc(C(F)(F)F)c4)CO2)CC3)s1. The first-order chi connectivity index (χ1) is 45.9. The van der Waals surface area contributed by atoms with E-state index in [1.165, 1.54) is 40.5 Å². The number of carboxylic acid groups (broad SMARTS) is 1. The molecule has 3 fully saturated rings. The number of fused-ring (bicyclic) bond motifs is 2. The van der Waals surface area contributed by atoms with Crippen LogP contribution in [0.1, 0.15) is 112 Å². The average Bonchev–Trinajstić information content (AvgIpc) is 1.55. The third-order valence-corrected chi connectivity index (χ3v) is 20.5. The van der Waals surface area contributed by atoms with E-state index in [2.05, 4.69) is 27.2 Å². The van der Waals surface area contributed by atoms with E-state index >= 15 is 0 Å². The number of carbonyl (C=O) groups excluding carboxylic acids is 4. The summed E-state index contributed by atoms with van der Waals surface area (Å²) < 4.78 is 110. The maximum atomic E-state index is 14.2. The molecule has 4 heterocycles. The van der Waals surface area contributed by atoms with Crippen molar-refractivity contribution in [2.75, 3.05) is 117 Å². The van der Waals surface area contributed by atoms with E-state index in [1.807, 2.05) is 79.8 Å². The minimum absolute atomic E-state index is 0.0293. The van der Waals surface area contributed by atoms with Crippen LogP contribution < -0.4 is 10.2 Å². The zero-order valence-corrected chi connectivity index (χ0v) is 55.1. The summed E-state index contributed by atoms with van der Waals surface area (Å²) >= 11 is 1.38. The van der Waals surface area contributed by atoms with Crippen LogP contribution in [0.4, 0.5) is 46.2 Å². The van der Waals surface area contributed by atoms with E-state index < -0.39 is 64.6 Å². The monoisotopic (exact) mass is 1350 g/mol. The lowest BCUT2D eigenvalue weighted by Crippen LogP contribution is -2.50. The molecule has 16 nitrogen and oxygen atoms in total. The van der Waals surface area contributed by atoms with Crippen LogP contribution in [0.3, 0.4) is 0 Å². The van der Waals surface area contributed by atoms with Crippen LogP contribution >= 0.6 is 11.3 Å². The van der Waals surface area contributed by atoms with Gasteiger partial charge >= 0.3 is 18.4 Å². The summed E-state index contributed by atoms with van der Waals surface area (Å²) in [7, 11) is 5.30. The number of nitrogens with one attached hydrogen (secondary N) is 1. The van der Waals surface area contributed by atoms with Crippen molar-refractivity contribution in [3.8, 4) is 11.1 Å². The van der Waals surface area contributed by atoms with Crippen LogP contribution in [-0.2, 0) is 48.9 Å². The third-order valence-electron chi connectivity index (χ3n) is 19.5. The van der Waals surface area contributed by atoms with Gasteiger partial charge in [0.05, 0.1) is 39.3 Å². The Kier molecular flexibility index (Phi) is 23.0. The number of benzene rings is 5. The number of carbonyl (C=O) groups is 5. The van der Waals surface area contributed by atoms with Crippen LogP contribution in [0.5, 0.6) is 0 Å². The van der Waals surface area contributed by atoms with Gasteiger partial charge in [0.25, 0.3) is 11.8 Å². The second-order valence-electron chi connectivity index (χ2n) is 25.7. The standard InChI is InChI=1S/C72H83F7N8O8S/c1-81(34-14-35-83(3)67(91)61-26-27-63(96-61)80-33-13-5-8-21-64(88)82(2)41-42-84-36-28-57(29-37-84)87(68(92)93)60-20-12-10-18-58(60)50-15-6-4-7-16-50)65(89)47-94-62-45-51-17-9-11-19-59(51)69(62)30-38-85(39-31-69)40-32-70(53-22-24-56(73)25-23-53)48-86(49-95-70)66(90)52-43-54(71(74,75)76)46-55(44-52)72(77,78)79/h4,6-7,9-12,15-20,22-27,43-44,46,57,62,80H,5,8,13-14,21,28-42,45,47-49H2,1-3H3,(H,92,93)/t62-,70-/m0/s1. The topological polar surface area (TPSA) is 159 Å². The van der Waals surface area contributed by atoms with Crippen molar-refractivity contribution in [2.45, 2.75) is 106 Å². The summed E-state index contributed by atoms with van der Waals surface area (Å²) in [5, 5.41) is 14.7. The van der Waals surface area contributed by atoms with E-state index in [4.69, 9.17) is 9.47 Å². The molecule has 3 aliphatic heterocycles. The van der Waals surface area contributed by atoms with Crippen LogP contribution in [0.15, 0.2) is 133 Å². The van der Waals surface area contributed by atoms with Crippen LogP contribution in [-0.4, -0.2) is 183 Å². The van der Waals surface area contributed by atoms with Gasteiger partial charge in [0.15, 0.2) is 0 Å². The number of thiophene rings is 1. The van der Waals surface area contributed by atoms with Gasteiger partial charge in [0.2, 0.25) is 11.8 Å². The lowest BCUT2D eigenvalue weighted by atomic mass is 9.72. The van der Waals surface area contributed by atoms with Crippen molar-refractivity contribution in [2.24, 2.45) is 0 Å². The average molecular weight is 1350 g/mol. The molecule has 1 aliphatic carbocycles. The van der Waals surface area contributed by atoms with Crippen LogP contribution in [0.25, 0.3) is 11.1 Å². The molecule has 1 aromatic heterocycles. The first-order valence-corrected chi connectivity index (χ1v) is 33.6. The van der Waals surface area contributed by atoms with Gasteiger partial charge in [-0.2, -0.15) is 26.3 Å². The number of amides is 5. The first-order valence-electron chi connectivity index (χ1n) is 32.8. The predicted octanol–water partition coefficient (Wildman–Crippen LogP) is 13.0. The molecule has 3 saturated heterocycles. The molecule has 6 aromatic rings. The summed E-state index contributed by atoms with van der Waals surface area (Å²) in [6, 6.07) is 35.4. The summed E-state index contributed by atoms with van der Waals surface area (Å²) in [6.07, 6.45) is -4.51. The Labute approximate surface area is 559 Å². The molecule has 514 valence electrons. The van der Waals surface area contributed by atoms with E-state index in [-0.39, 0.29) is 55.5 Å². The molecule has 4 aliphatic rings. The number of halogens is 7. The summed E-state index contributed by atoms with van der Waals surface area (Å²) in [5.74, 6) is -1.83. The Morgan fingerprint density at radius 1 is 0.698 bits per heavy atom. The number of ether oxygens (including phenoxy) is 2. The van der Waals surface area contributed by atoms with Gasteiger partial charge in [-0.15, -0.1) is 11.3 Å². The number of anilines is 2. The number of hydrogen-bond donors (Lipinski definition) is 2. The number of likely N-dealkylation sites (N-methyl/N-ethyl adjacent to an activating group) is 2. The molecular formula is C72H83F7N8O8S. The quantitative estimate of drug-likeness (QED) is 0.0393. The van der Waals surface area contributed by atoms with Gasteiger partial charge in [-0.05, 0) is 142 Å². The summed E-state index contributed by atoms with van der Waals surface area (Å²) in [6.45, 7) is 5.14. The van der Waals surface area contributed by atoms with Gasteiger partial charge in [-0.25, -0.2) is 9.18 Å². The Morgan fingerprint density at radius 3 is 2.04 bits per heavy atom. The highest BCUT2D eigenvalue weighted by molar-refractivity contribution is 7.17. The molecule has 96 heavy (non-hydrogen) atoms. The van der Waals surface area contributed by atoms with Gasteiger partial charge in [0, 0.05) is 103 Å². The maximum Gasteiger partial charge on any atom is 0.416 e. The van der Waals surface area contributed by atoms with E-state index in [0.717, 1.165) is 71.1 Å². The molecule has 2 atom stereocenters. The number of unbranched alkanes of at least 4 members (excludes halogenated alkanes) is 2. The Balaban J connectivity index is 0.618. The van der Waals surface area contributed by atoms with E-state index in [1.54, 1.807) is 34.9 Å². The Hall–Kier alpha value is -7.90. The minimum Gasteiger partial charge on any atom is -0.465 e. The largest absolute Gasteiger partial charge is 0.465 e. The molecule has 0 radical (unpaired) electrons. The lowest BCUT2D eigenvalue weighted by Gasteiger charge is -2.44. The molecular weight excluding hydrogens is 1270 g/mol. The molecule has 0 saturated carbocycles. The zero-order valence-electron chi connectivity index (χ0n) is 54.3. The van der Waals surface area contributed by atoms with Crippen molar-refractivity contribution in [3.05, 3.63) is 178 Å². The molecule has 0 unspecified atom stereocenters.